The van der Waals surface area contributed by atoms with Gasteiger partial charge in [0.05, 0.1) is 0 Å². The number of carbonyl (C=O) groups excluding carboxylic acids is 3. The number of hydrogen-bond donors (Lipinski definition) is 1. The van der Waals surface area contributed by atoms with E-state index in [9.17, 15) is 14.4 Å². The highest BCUT2D eigenvalue weighted by atomic mass is 16.5. The molecule has 0 aromatic heterocycles. The van der Waals surface area contributed by atoms with E-state index in [1.807, 2.05) is 6.07 Å². The topological polar surface area (TPSA) is 75.7 Å². The van der Waals surface area contributed by atoms with Crippen LogP contribution in [0.1, 0.15) is 22.8 Å². The van der Waals surface area contributed by atoms with Crippen molar-refractivity contribution in [2.75, 3.05) is 11.9 Å². The number of fused-ring (bicyclic) bond motifs is 1. The average Bonchev–Trinajstić information content (AvgIpc) is 2.82. The lowest BCUT2D eigenvalue weighted by molar-refractivity contribution is -0.134. The summed E-state index contributed by atoms with van der Waals surface area (Å²) in [6, 6.07) is 13.5. The molecule has 0 saturated carbocycles. The molecule has 25 heavy (non-hydrogen) atoms. The van der Waals surface area contributed by atoms with Gasteiger partial charge in [0.1, 0.15) is 12.3 Å². The number of esters is 1. The molecule has 126 valence electrons. The summed E-state index contributed by atoms with van der Waals surface area (Å²) in [5.74, 6) is -0.697. The Morgan fingerprint density at radius 2 is 1.72 bits per heavy atom. The lowest BCUT2D eigenvalue weighted by Crippen LogP contribution is -2.31. The first-order chi connectivity index (χ1) is 12.0. The van der Waals surface area contributed by atoms with Gasteiger partial charge in [-0.25, -0.2) is 4.79 Å². The fraction of sp³-hybridized carbons (Fsp3) is 0.105. The molecule has 3 rings (SSSR count). The van der Waals surface area contributed by atoms with Gasteiger partial charge in [-0.1, -0.05) is 24.8 Å². The summed E-state index contributed by atoms with van der Waals surface area (Å²) < 4.78 is 5.25. The van der Waals surface area contributed by atoms with E-state index in [1.54, 1.807) is 42.5 Å². The molecule has 0 spiro atoms. The predicted octanol–water partition coefficient (Wildman–Crippen LogP) is 2.68. The van der Waals surface area contributed by atoms with Crippen LogP contribution in [-0.4, -0.2) is 29.2 Å². The second-order valence-electron chi connectivity index (χ2n) is 5.56. The highest BCUT2D eigenvalue weighted by Gasteiger charge is 2.32. The first-order valence-electron chi connectivity index (χ1n) is 7.64. The van der Waals surface area contributed by atoms with Gasteiger partial charge in [-0.05, 0) is 30.3 Å². The van der Waals surface area contributed by atoms with Crippen LogP contribution >= 0.6 is 0 Å². The number of rotatable bonds is 4. The van der Waals surface area contributed by atoms with E-state index in [-0.39, 0.29) is 18.4 Å². The van der Waals surface area contributed by atoms with E-state index in [0.29, 0.717) is 22.7 Å². The minimum atomic E-state index is -0.574. The molecule has 0 unspecified atom stereocenters. The van der Waals surface area contributed by atoms with E-state index in [2.05, 4.69) is 11.9 Å². The molecule has 0 saturated heterocycles. The van der Waals surface area contributed by atoms with Crippen LogP contribution in [0.25, 0.3) is 5.70 Å². The third-order valence-electron chi connectivity index (χ3n) is 3.73. The predicted molar refractivity (Wildman–Crippen MR) is 92.9 cm³/mol. The smallest absolute Gasteiger partial charge is 0.331 e. The number of anilines is 1. The Hall–Kier alpha value is -3.41. The molecule has 0 radical (unpaired) electrons. The van der Waals surface area contributed by atoms with Crippen LogP contribution in [0.5, 0.6) is 5.75 Å². The monoisotopic (exact) mass is 336 g/mol. The van der Waals surface area contributed by atoms with Crippen LogP contribution < -0.4 is 10.1 Å². The maximum absolute atomic E-state index is 12.4. The van der Waals surface area contributed by atoms with Gasteiger partial charge in [-0.3, -0.25) is 14.5 Å². The molecule has 0 bridgehead atoms. The molecule has 0 fully saturated rings. The number of hydrogen-bond acceptors (Lipinski definition) is 4. The number of amides is 2. The molecule has 0 aliphatic carbocycles. The van der Waals surface area contributed by atoms with Crippen LogP contribution in [-0.2, 0) is 9.59 Å². The standard InChI is InChI=1S/C19H16N2O4/c1-12-16-5-3-4-6-17(16)19(24)21(12)11-18(23)25-15-9-7-14(8-10-15)20-13(2)22/h3-10H,1,11H2,2H3,(H,20,22). The molecule has 1 aliphatic rings. The molecule has 2 aromatic rings. The quantitative estimate of drug-likeness (QED) is 0.688. The van der Waals surface area contributed by atoms with Crippen LogP contribution in [0, 0.1) is 0 Å². The van der Waals surface area contributed by atoms with Gasteiger partial charge in [0.2, 0.25) is 5.91 Å². The summed E-state index contributed by atoms with van der Waals surface area (Å²) in [4.78, 5) is 36.8. The Morgan fingerprint density at radius 3 is 2.32 bits per heavy atom. The van der Waals surface area contributed by atoms with Gasteiger partial charge in [0.15, 0.2) is 0 Å². The molecule has 2 aromatic carbocycles. The van der Waals surface area contributed by atoms with Crippen LogP contribution in [0.4, 0.5) is 5.69 Å². The molecule has 0 atom stereocenters. The normalized spacial score (nSPS) is 12.8. The van der Waals surface area contributed by atoms with E-state index >= 15 is 0 Å². The SMILES string of the molecule is C=C1c2ccccc2C(=O)N1CC(=O)Oc1ccc(NC(C)=O)cc1. The second-order valence-corrected chi connectivity index (χ2v) is 5.56. The molecule has 6 nitrogen and oxygen atoms in total. The van der Waals surface area contributed by atoms with E-state index in [1.165, 1.54) is 11.8 Å². The van der Waals surface area contributed by atoms with Crippen LogP contribution in [0.15, 0.2) is 55.1 Å². The van der Waals surface area contributed by atoms with E-state index in [4.69, 9.17) is 4.74 Å². The number of nitrogens with zero attached hydrogens (tertiary/aromatic N) is 1. The van der Waals surface area contributed by atoms with Crippen LogP contribution in [0.3, 0.4) is 0 Å². The first-order valence-corrected chi connectivity index (χ1v) is 7.64. The Balaban J connectivity index is 1.65. The molecule has 1 heterocycles. The zero-order chi connectivity index (χ0) is 18.0. The highest BCUT2D eigenvalue weighted by molar-refractivity contribution is 6.10. The summed E-state index contributed by atoms with van der Waals surface area (Å²) in [7, 11) is 0. The molecule has 1 aliphatic heterocycles. The fourth-order valence-electron chi connectivity index (χ4n) is 2.60. The van der Waals surface area contributed by atoms with Crippen molar-refractivity contribution < 1.29 is 19.1 Å². The summed E-state index contributed by atoms with van der Waals surface area (Å²) >= 11 is 0. The van der Waals surface area contributed by atoms with Gasteiger partial charge in [-0.2, -0.15) is 0 Å². The summed E-state index contributed by atoms with van der Waals surface area (Å²) in [5.41, 5.74) is 2.34. The molecule has 2 amide bonds. The van der Waals surface area contributed by atoms with E-state index < -0.39 is 5.97 Å². The minimum absolute atomic E-state index is 0.185. The average molecular weight is 336 g/mol. The van der Waals surface area contributed by atoms with Crippen molar-refractivity contribution in [2.45, 2.75) is 6.92 Å². The zero-order valence-electron chi connectivity index (χ0n) is 13.6. The molecule has 1 N–H and O–H groups in total. The largest absolute Gasteiger partial charge is 0.425 e. The minimum Gasteiger partial charge on any atom is -0.425 e. The van der Waals surface area contributed by atoms with Crippen LogP contribution in [0.2, 0.25) is 0 Å². The lowest BCUT2D eigenvalue weighted by Gasteiger charge is -2.16. The van der Waals surface area contributed by atoms with Crippen molar-refractivity contribution in [3.63, 3.8) is 0 Å². The fourth-order valence-corrected chi connectivity index (χ4v) is 2.60. The maximum atomic E-state index is 12.4. The molecule has 6 heteroatoms. The number of carbonyl (C=O) groups is 3. The number of nitrogens with one attached hydrogen (secondary N) is 1. The van der Waals surface area contributed by atoms with Gasteiger partial charge < -0.3 is 10.1 Å². The number of benzene rings is 2. The molecular weight excluding hydrogens is 320 g/mol. The van der Waals surface area contributed by atoms with Gasteiger partial charge in [-0.15, -0.1) is 0 Å². The molecular formula is C19H16N2O4. The van der Waals surface area contributed by atoms with Gasteiger partial charge >= 0.3 is 5.97 Å². The second kappa shape index (κ2) is 6.60. The van der Waals surface area contributed by atoms with E-state index in [0.717, 1.165) is 5.56 Å². The van der Waals surface area contributed by atoms with Crippen molar-refractivity contribution >= 4 is 29.2 Å². The van der Waals surface area contributed by atoms with Crippen molar-refractivity contribution in [3.8, 4) is 5.75 Å². The maximum Gasteiger partial charge on any atom is 0.331 e. The summed E-state index contributed by atoms with van der Waals surface area (Å²) in [6.45, 7) is 5.07. The lowest BCUT2D eigenvalue weighted by atomic mass is 10.1. The van der Waals surface area contributed by atoms with Crippen molar-refractivity contribution in [1.82, 2.24) is 4.90 Å². The Labute approximate surface area is 144 Å². The Morgan fingerprint density at radius 1 is 1.08 bits per heavy atom. The van der Waals surface area contributed by atoms with Crippen molar-refractivity contribution in [2.24, 2.45) is 0 Å². The Bertz CT molecular complexity index is 836. The zero-order valence-corrected chi connectivity index (χ0v) is 13.6. The van der Waals surface area contributed by atoms with Gasteiger partial charge in [0, 0.05) is 29.4 Å². The van der Waals surface area contributed by atoms with Gasteiger partial charge in [0.25, 0.3) is 5.91 Å². The first kappa shape index (κ1) is 16.4. The third-order valence-corrected chi connectivity index (χ3v) is 3.73. The summed E-state index contributed by atoms with van der Waals surface area (Å²) in [6.07, 6.45) is 0. The Kier molecular flexibility index (Phi) is 4.35. The summed E-state index contributed by atoms with van der Waals surface area (Å²) in [5, 5.41) is 2.62. The third kappa shape index (κ3) is 3.42. The highest BCUT2D eigenvalue weighted by Crippen LogP contribution is 2.30. The van der Waals surface area contributed by atoms with Crippen molar-refractivity contribution in [1.29, 1.82) is 0 Å². The number of ether oxygens (including phenoxy) is 1. The van der Waals surface area contributed by atoms with Crippen molar-refractivity contribution in [3.05, 3.63) is 66.2 Å².